The minimum Gasteiger partial charge on any atom is -0.497 e. The van der Waals surface area contributed by atoms with Crippen molar-refractivity contribution in [2.45, 2.75) is 23.8 Å². The van der Waals surface area contributed by atoms with E-state index < -0.39 is 10.0 Å². The standard InChI is InChI=1S/C26H29N3O4S/c1-27(2)21-6-4-19(5-7-21)24-12-13-25-20-14-18(16-29(25)26(24)30)15-28(17-20)34(31,32)23-10-8-22(33-3)9-11-23/h4-13,18,20H,14-17H2,1-3H3/t18-,20+/m0/s1. The maximum absolute atomic E-state index is 13.4. The van der Waals surface area contributed by atoms with Gasteiger partial charge in [-0.3, -0.25) is 4.79 Å². The van der Waals surface area contributed by atoms with E-state index in [0.717, 1.165) is 23.4 Å². The van der Waals surface area contributed by atoms with Gasteiger partial charge in [-0.25, -0.2) is 8.42 Å². The molecule has 1 saturated heterocycles. The van der Waals surface area contributed by atoms with Crippen molar-refractivity contribution in [3.63, 3.8) is 0 Å². The molecule has 34 heavy (non-hydrogen) atoms. The van der Waals surface area contributed by atoms with Crippen molar-refractivity contribution >= 4 is 15.7 Å². The van der Waals surface area contributed by atoms with Gasteiger partial charge in [-0.2, -0.15) is 4.31 Å². The molecule has 3 aromatic rings. The summed E-state index contributed by atoms with van der Waals surface area (Å²) in [4.78, 5) is 15.7. The number of rotatable bonds is 5. The lowest BCUT2D eigenvalue weighted by atomic mass is 9.84. The zero-order chi connectivity index (χ0) is 24.0. The molecule has 2 aromatic carbocycles. The molecule has 2 aliphatic heterocycles. The lowest BCUT2D eigenvalue weighted by Gasteiger charge is -2.42. The molecule has 1 fully saturated rings. The Hall–Kier alpha value is -3.10. The summed E-state index contributed by atoms with van der Waals surface area (Å²) in [5.74, 6) is 0.719. The molecule has 0 aliphatic carbocycles. The normalized spacial score (nSPS) is 20.0. The number of hydrogen-bond donors (Lipinski definition) is 0. The zero-order valence-corrected chi connectivity index (χ0v) is 20.5. The second-order valence-electron chi connectivity index (χ2n) is 9.33. The number of aromatic nitrogens is 1. The largest absolute Gasteiger partial charge is 0.497 e. The Kier molecular flexibility index (Phi) is 5.73. The molecule has 0 N–H and O–H groups in total. The van der Waals surface area contributed by atoms with Crippen molar-refractivity contribution in [1.82, 2.24) is 8.87 Å². The Labute approximate surface area is 200 Å². The van der Waals surface area contributed by atoms with Gasteiger partial charge >= 0.3 is 0 Å². The third kappa shape index (κ3) is 3.91. The Morgan fingerprint density at radius 2 is 1.62 bits per heavy atom. The van der Waals surface area contributed by atoms with Crippen molar-refractivity contribution < 1.29 is 13.2 Å². The van der Waals surface area contributed by atoms with E-state index in [-0.39, 0.29) is 22.3 Å². The van der Waals surface area contributed by atoms with E-state index >= 15 is 0 Å². The number of fused-ring (bicyclic) bond motifs is 4. The fraction of sp³-hybridized carbons (Fsp3) is 0.346. The van der Waals surface area contributed by atoms with Crippen LogP contribution in [0.3, 0.4) is 0 Å². The van der Waals surface area contributed by atoms with Gasteiger partial charge in [-0.05, 0) is 66.4 Å². The summed E-state index contributed by atoms with van der Waals surface area (Å²) in [5.41, 5.74) is 3.57. The third-order valence-corrected chi connectivity index (χ3v) is 8.81. The summed E-state index contributed by atoms with van der Waals surface area (Å²) in [7, 11) is 1.91. The van der Waals surface area contributed by atoms with Gasteiger partial charge in [0.25, 0.3) is 5.56 Å². The van der Waals surface area contributed by atoms with Crippen LogP contribution in [-0.4, -0.2) is 51.6 Å². The van der Waals surface area contributed by atoms with Crippen molar-refractivity contribution in [3.8, 4) is 16.9 Å². The number of methoxy groups -OCH3 is 1. The molecular weight excluding hydrogens is 450 g/mol. The van der Waals surface area contributed by atoms with E-state index in [4.69, 9.17) is 4.74 Å². The Bertz CT molecular complexity index is 1360. The zero-order valence-electron chi connectivity index (χ0n) is 19.6. The predicted molar refractivity (Wildman–Crippen MR) is 133 cm³/mol. The number of anilines is 1. The smallest absolute Gasteiger partial charge is 0.258 e. The Morgan fingerprint density at radius 1 is 0.912 bits per heavy atom. The molecule has 7 nitrogen and oxygen atoms in total. The van der Waals surface area contributed by atoms with Gasteiger partial charge in [0.2, 0.25) is 10.0 Å². The molecule has 2 aliphatic rings. The van der Waals surface area contributed by atoms with Crippen LogP contribution >= 0.6 is 0 Å². The van der Waals surface area contributed by atoms with E-state index in [1.54, 1.807) is 35.7 Å². The highest BCUT2D eigenvalue weighted by atomic mass is 32.2. The number of benzene rings is 2. The molecule has 8 heteroatoms. The van der Waals surface area contributed by atoms with E-state index in [1.807, 2.05) is 60.0 Å². The molecule has 1 aromatic heterocycles. The Balaban J connectivity index is 1.44. The van der Waals surface area contributed by atoms with E-state index in [1.165, 1.54) is 0 Å². The second-order valence-corrected chi connectivity index (χ2v) is 11.3. The third-order valence-electron chi connectivity index (χ3n) is 6.96. The minimum atomic E-state index is -3.62. The summed E-state index contributed by atoms with van der Waals surface area (Å²) in [6.07, 6.45) is 0.894. The van der Waals surface area contributed by atoms with Crippen molar-refractivity contribution in [2.24, 2.45) is 5.92 Å². The number of ether oxygens (including phenoxy) is 1. The molecular formula is C26H29N3O4S. The van der Waals surface area contributed by atoms with Gasteiger partial charge in [-0.1, -0.05) is 12.1 Å². The molecule has 0 unspecified atom stereocenters. The summed E-state index contributed by atoms with van der Waals surface area (Å²) >= 11 is 0. The SMILES string of the molecule is COc1ccc(S(=O)(=O)N2C[C@@H]3C[C@H](C2)c2ccc(-c4ccc(N(C)C)cc4)c(=O)n2C3)cc1. The van der Waals surface area contributed by atoms with E-state index in [9.17, 15) is 13.2 Å². The molecule has 0 spiro atoms. The van der Waals surface area contributed by atoms with Gasteiger partial charge in [0.1, 0.15) is 5.75 Å². The Morgan fingerprint density at radius 3 is 2.26 bits per heavy atom. The highest BCUT2D eigenvalue weighted by Crippen LogP contribution is 2.38. The van der Waals surface area contributed by atoms with Crippen LogP contribution in [0.2, 0.25) is 0 Å². The molecule has 2 bridgehead atoms. The van der Waals surface area contributed by atoms with Crippen LogP contribution in [0, 0.1) is 5.92 Å². The van der Waals surface area contributed by atoms with Crippen LogP contribution in [0.4, 0.5) is 5.69 Å². The number of sulfonamides is 1. The van der Waals surface area contributed by atoms with Crippen molar-refractivity contribution in [1.29, 1.82) is 0 Å². The summed E-state index contributed by atoms with van der Waals surface area (Å²) in [5, 5.41) is 0. The van der Waals surface area contributed by atoms with Crippen molar-refractivity contribution in [2.75, 3.05) is 39.2 Å². The van der Waals surface area contributed by atoms with Gasteiger partial charge in [0.15, 0.2) is 0 Å². The first-order valence-electron chi connectivity index (χ1n) is 11.4. The van der Waals surface area contributed by atoms with Crippen molar-refractivity contribution in [3.05, 3.63) is 76.7 Å². The van der Waals surface area contributed by atoms with Gasteiger partial charge in [0, 0.05) is 56.6 Å². The molecule has 5 rings (SSSR count). The number of pyridine rings is 1. The predicted octanol–water partition coefficient (Wildman–Crippen LogP) is 3.40. The number of piperidine rings is 1. The summed E-state index contributed by atoms with van der Waals surface area (Å²) < 4.78 is 35.2. The molecule has 0 radical (unpaired) electrons. The van der Waals surface area contributed by atoms with Gasteiger partial charge in [0.05, 0.1) is 12.0 Å². The van der Waals surface area contributed by atoms with E-state index in [0.29, 0.717) is 30.9 Å². The summed E-state index contributed by atoms with van der Waals surface area (Å²) in [6.45, 7) is 1.32. The molecule has 2 atom stereocenters. The topological polar surface area (TPSA) is 71.9 Å². The monoisotopic (exact) mass is 479 g/mol. The first kappa shape index (κ1) is 22.7. The fourth-order valence-electron chi connectivity index (χ4n) is 5.15. The van der Waals surface area contributed by atoms with Crippen LogP contribution in [0.1, 0.15) is 18.0 Å². The van der Waals surface area contributed by atoms with Crippen LogP contribution in [-0.2, 0) is 16.6 Å². The first-order valence-corrected chi connectivity index (χ1v) is 12.9. The number of nitrogens with zero attached hydrogens (tertiary/aromatic N) is 3. The minimum absolute atomic E-state index is 0.00149. The lowest BCUT2D eigenvalue weighted by molar-refractivity contribution is 0.186. The highest BCUT2D eigenvalue weighted by molar-refractivity contribution is 7.89. The maximum Gasteiger partial charge on any atom is 0.258 e. The lowest BCUT2D eigenvalue weighted by Crippen LogP contribution is -2.49. The quantitative estimate of drug-likeness (QED) is 0.561. The van der Waals surface area contributed by atoms with Crippen LogP contribution in [0.25, 0.3) is 11.1 Å². The summed E-state index contributed by atoms with van der Waals surface area (Å²) in [6, 6.07) is 18.4. The first-order chi connectivity index (χ1) is 16.3. The average Bonchev–Trinajstić information content (AvgIpc) is 2.84. The number of hydrogen-bond acceptors (Lipinski definition) is 5. The molecule has 0 saturated carbocycles. The van der Waals surface area contributed by atoms with Crippen LogP contribution in [0.5, 0.6) is 5.75 Å². The second kappa shape index (κ2) is 8.60. The van der Waals surface area contributed by atoms with Gasteiger partial charge in [-0.15, -0.1) is 0 Å². The van der Waals surface area contributed by atoms with Gasteiger partial charge < -0.3 is 14.2 Å². The maximum atomic E-state index is 13.4. The molecule has 3 heterocycles. The van der Waals surface area contributed by atoms with Crippen LogP contribution in [0.15, 0.2) is 70.4 Å². The van der Waals surface area contributed by atoms with Crippen LogP contribution < -0.4 is 15.2 Å². The molecule has 178 valence electrons. The average molecular weight is 480 g/mol. The molecule has 0 amide bonds. The highest BCUT2D eigenvalue weighted by Gasteiger charge is 2.39. The fourth-order valence-corrected chi connectivity index (χ4v) is 6.72. The van der Waals surface area contributed by atoms with E-state index in [2.05, 4.69) is 0 Å².